The van der Waals surface area contributed by atoms with Crippen LogP contribution in [0.5, 0.6) is 0 Å². The zero-order valence-electron chi connectivity index (χ0n) is 11.5. The number of hydrogen-bond donors (Lipinski definition) is 1. The number of ether oxygens (including phenoxy) is 1. The lowest BCUT2D eigenvalue weighted by molar-refractivity contribution is 0.185. The van der Waals surface area contributed by atoms with Gasteiger partial charge in [-0.3, -0.25) is 0 Å². The molecule has 0 amide bonds. The van der Waals surface area contributed by atoms with Gasteiger partial charge in [-0.05, 0) is 36.8 Å². The SMILES string of the molecule is COCc1c(Br)cccc1NC(C)c1cccc(Cl)c1. The van der Waals surface area contributed by atoms with Crippen molar-refractivity contribution < 1.29 is 4.74 Å². The van der Waals surface area contributed by atoms with Crippen LogP contribution in [0.25, 0.3) is 0 Å². The predicted octanol–water partition coefficient (Wildman–Crippen LogP) is 5.42. The summed E-state index contributed by atoms with van der Waals surface area (Å²) >= 11 is 9.61. The Labute approximate surface area is 133 Å². The maximum Gasteiger partial charge on any atom is 0.0744 e. The van der Waals surface area contributed by atoms with E-state index in [1.54, 1.807) is 7.11 Å². The third-order valence-electron chi connectivity index (χ3n) is 3.13. The molecule has 2 nitrogen and oxygen atoms in total. The Balaban J connectivity index is 2.23. The smallest absolute Gasteiger partial charge is 0.0744 e. The quantitative estimate of drug-likeness (QED) is 0.774. The van der Waals surface area contributed by atoms with E-state index in [1.807, 2.05) is 30.3 Å². The minimum Gasteiger partial charge on any atom is -0.380 e. The minimum absolute atomic E-state index is 0.165. The highest BCUT2D eigenvalue weighted by atomic mass is 79.9. The second-order valence-corrected chi connectivity index (χ2v) is 5.91. The fourth-order valence-electron chi connectivity index (χ4n) is 2.08. The van der Waals surface area contributed by atoms with E-state index in [1.165, 1.54) is 0 Å². The molecule has 0 spiro atoms. The summed E-state index contributed by atoms with van der Waals surface area (Å²) in [4.78, 5) is 0. The molecule has 0 saturated carbocycles. The molecule has 2 aromatic rings. The van der Waals surface area contributed by atoms with Crippen LogP contribution in [0.4, 0.5) is 5.69 Å². The molecular formula is C16H17BrClNO. The molecular weight excluding hydrogens is 338 g/mol. The van der Waals surface area contributed by atoms with Crippen molar-refractivity contribution in [1.82, 2.24) is 0 Å². The normalized spacial score (nSPS) is 12.2. The Hall–Kier alpha value is -1.03. The molecule has 20 heavy (non-hydrogen) atoms. The number of rotatable bonds is 5. The van der Waals surface area contributed by atoms with E-state index >= 15 is 0 Å². The summed E-state index contributed by atoms with van der Waals surface area (Å²) in [7, 11) is 1.70. The van der Waals surface area contributed by atoms with Gasteiger partial charge in [0.15, 0.2) is 0 Å². The third kappa shape index (κ3) is 3.75. The van der Waals surface area contributed by atoms with E-state index in [4.69, 9.17) is 16.3 Å². The molecule has 1 atom stereocenters. The predicted molar refractivity (Wildman–Crippen MR) is 88.3 cm³/mol. The lowest BCUT2D eigenvalue weighted by Crippen LogP contribution is -2.09. The summed E-state index contributed by atoms with van der Waals surface area (Å²) in [5.41, 5.74) is 3.33. The minimum atomic E-state index is 0.165. The first kappa shape index (κ1) is 15.4. The van der Waals surface area contributed by atoms with E-state index in [2.05, 4.69) is 40.3 Å². The van der Waals surface area contributed by atoms with Gasteiger partial charge in [-0.1, -0.05) is 45.7 Å². The van der Waals surface area contributed by atoms with Crippen LogP contribution in [0.15, 0.2) is 46.9 Å². The van der Waals surface area contributed by atoms with Gasteiger partial charge in [0.2, 0.25) is 0 Å². The number of hydrogen-bond acceptors (Lipinski definition) is 2. The van der Waals surface area contributed by atoms with Crippen LogP contribution in [0.1, 0.15) is 24.1 Å². The van der Waals surface area contributed by atoms with Gasteiger partial charge in [0.05, 0.1) is 6.61 Å². The van der Waals surface area contributed by atoms with Crippen molar-refractivity contribution in [3.05, 3.63) is 63.1 Å². The van der Waals surface area contributed by atoms with Gasteiger partial charge in [-0.25, -0.2) is 0 Å². The van der Waals surface area contributed by atoms with Gasteiger partial charge in [0.1, 0.15) is 0 Å². The molecule has 1 N–H and O–H groups in total. The molecule has 0 fully saturated rings. The standard InChI is InChI=1S/C16H17BrClNO/c1-11(12-5-3-6-13(18)9-12)19-16-8-4-7-15(17)14(16)10-20-2/h3-9,11,19H,10H2,1-2H3. The van der Waals surface area contributed by atoms with Gasteiger partial charge in [-0.15, -0.1) is 0 Å². The number of anilines is 1. The lowest BCUT2D eigenvalue weighted by Gasteiger charge is -2.19. The molecule has 0 radical (unpaired) electrons. The van der Waals surface area contributed by atoms with Gasteiger partial charge >= 0.3 is 0 Å². The van der Waals surface area contributed by atoms with Crippen LogP contribution >= 0.6 is 27.5 Å². The van der Waals surface area contributed by atoms with Crippen molar-refractivity contribution in [1.29, 1.82) is 0 Å². The lowest BCUT2D eigenvalue weighted by atomic mass is 10.1. The van der Waals surface area contributed by atoms with Crippen LogP contribution < -0.4 is 5.32 Å². The topological polar surface area (TPSA) is 21.3 Å². The van der Waals surface area contributed by atoms with Gasteiger partial charge in [-0.2, -0.15) is 0 Å². The molecule has 4 heteroatoms. The van der Waals surface area contributed by atoms with E-state index in [9.17, 15) is 0 Å². The number of halogens is 2. The van der Waals surface area contributed by atoms with Crippen molar-refractivity contribution in [3.8, 4) is 0 Å². The zero-order chi connectivity index (χ0) is 14.5. The molecule has 106 valence electrons. The molecule has 2 aromatic carbocycles. The maximum atomic E-state index is 6.04. The Morgan fingerprint density at radius 1 is 1.25 bits per heavy atom. The van der Waals surface area contributed by atoms with Gasteiger partial charge in [0.25, 0.3) is 0 Å². The van der Waals surface area contributed by atoms with Crippen molar-refractivity contribution in [2.24, 2.45) is 0 Å². The molecule has 1 unspecified atom stereocenters. The maximum absolute atomic E-state index is 6.04. The van der Waals surface area contributed by atoms with Crippen molar-refractivity contribution >= 4 is 33.2 Å². The highest BCUT2D eigenvalue weighted by Gasteiger charge is 2.11. The summed E-state index contributed by atoms with van der Waals surface area (Å²) in [6.07, 6.45) is 0. The molecule has 0 aliphatic heterocycles. The van der Waals surface area contributed by atoms with E-state index in [-0.39, 0.29) is 6.04 Å². The van der Waals surface area contributed by atoms with Crippen LogP contribution in [-0.2, 0) is 11.3 Å². The first-order valence-electron chi connectivity index (χ1n) is 6.40. The van der Waals surface area contributed by atoms with Crippen LogP contribution in [0, 0.1) is 0 Å². The Kier molecular flexibility index (Phi) is 5.46. The average molecular weight is 355 g/mol. The Morgan fingerprint density at radius 3 is 2.70 bits per heavy atom. The second kappa shape index (κ2) is 7.11. The van der Waals surface area contributed by atoms with E-state index in [0.29, 0.717) is 6.61 Å². The second-order valence-electron chi connectivity index (χ2n) is 4.62. The van der Waals surface area contributed by atoms with E-state index in [0.717, 1.165) is 26.3 Å². The van der Waals surface area contributed by atoms with Crippen LogP contribution in [0.3, 0.4) is 0 Å². The van der Waals surface area contributed by atoms with Crippen LogP contribution in [0.2, 0.25) is 5.02 Å². The summed E-state index contributed by atoms with van der Waals surface area (Å²) in [5, 5.41) is 4.26. The third-order valence-corrected chi connectivity index (χ3v) is 4.11. The Morgan fingerprint density at radius 2 is 2.00 bits per heavy atom. The van der Waals surface area contributed by atoms with E-state index < -0.39 is 0 Å². The van der Waals surface area contributed by atoms with Crippen molar-refractivity contribution in [3.63, 3.8) is 0 Å². The first-order valence-corrected chi connectivity index (χ1v) is 7.57. The number of methoxy groups -OCH3 is 1. The fourth-order valence-corrected chi connectivity index (χ4v) is 2.76. The average Bonchev–Trinajstić information content (AvgIpc) is 2.42. The monoisotopic (exact) mass is 353 g/mol. The molecule has 0 heterocycles. The molecule has 2 rings (SSSR count). The summed E-state index contributed by atoms with van der Waals surface area (Å²) in [6, 6.07) is 14.1. The fraction of sp³-hybridized carbons (Fsp3) is 0.250. The molecule has 0 bridgehead atoms. The van der Waals surface area contributed by atoms with Gasteiger partial charge in [0, 0.05) is 33.9 Å². The summed E-state index contributed by atoms with van der Waals surface area (Å²) < 4.78 is 6.31. The Bertz CT molecular complexity index is 588. The molecule has 0 aliphatic carbocycles. The highest BCUT2D eigenvalue weighted by molar-refractivity contribution is 9.10. The largest absolute Gasteiger partial charge is 0.380 e. The molecule has 0 aliphatic rings. The molecule has 0 aromatic heterocycles. The number of nitrogens with one attached hydrogen (secondary N) is 1. The van der Waals surface area contributed by atoms with Crippen molar-refractivity contribution in [2.75, 3.05) is 12.4 Å². The van der Waals surface area contributed by atoms with Gasteiger partial charge < -0.3 is 10.1 Å². The van der Waals surface area contributed by atoms with Crippen LogP contribution in [-0.4, -0.2) is 7.11 Å². The first-order chi connectivity index (χ1) is 9.61. The number of benzene rings is 2. The zero-order valence-corrected chi connectivity index (χ0v) is 13.8. The van der Waals surface area contributed by atoms with Crippen molar-refractivity contribution in [2.45, 2.75) is 19.6 Å². The molecule has 0 saturated heterocycles. The summed E-state index contributed by atoms with van der Waals surface area (Å²) in [6.45, 7) is 2.68. The highest BCUT2D eigenvalue weighted by Crippen LogP contribution is 2.29. The summed E-state index contributed by atoms with van der Waals surface area (Å²) in [5.74, 6) is 0.